The van der Waals surface area contributed by atoms with Gasteiger partial charge in [0.05, 0.1) is 0 Å². The van der Waals surface area contributed by atoms with Crippen molar-refractivity contribution in [1.29, 1.82) is 0 Å². The second-order valence-corrected chi connectivity index (χ2v) is 9.61. The number of fused-ring (bicyclic) bond motifs is 5. The Hall–Kier alpha value is -1.12. The van der Waals surface area contributed by atoms with Gasteiger partial charge in [0.15, 0.2) is 5.78 Å². The van der Waals surface area contributed by atoms with Gasteiger partial charge in [0.2, 0.25) is 0 Å². The molecule has 0 aliphatic heterocycles. The lowest BCUT2D eigenvalue weighted by atomic mass is 9.47. The molecule has 6 atom stereocenters. The van der Waals surface area contributed by atoms with E-state index >= 15 is 0 Å². The normalized spacial score (nSPS) is 44.6. The first-order valence-corrected chi connectivity index (χ1v) is 10.5. The van der Waals surface area contributed by atoms with Gasteiger partial charge in [-0.05, 0) is 87.5 Å². The lowest BCUT2D eigenvalue weighted by molar-refractivity contribution is -0.159. The van der Waals surface area contributed by atoms with Crippen molar-refractivity contribution in [1.82, 2.24) is 0 Å². The minimum atomic E-state index is -0.131. The van der Waals surface area contributed by atoms with E-state index in [0.717, 1.165) is 25.7 Å². The zero-order valence-electron chi connectivity index (χ0n) is 16.3. The molecular formula is C23H32O3. The van der Waals surface area contributed by atoms with Crippen LogP contribution in [-0.4, -0.2) is 17.9 Å². The molecule has 3 fully saturated rings. The van der Waals surface area contributed by atoms with E-state index in [4.69, 9.17) is 11.7 Å². The summed E-state index contributed by atoms with van der Waals surface area (Å²) >= 11 is 0. The number of allylic oxidation sites excluding steroid dienone is 1. The van der Waals surface area contributed by atoms with E-state index in [1.807, 2.05) is 6.08 Å². The summed E-state index contributed by atoms with van der Waals surface area (Å²) in [6.45, 7) is 10.3. The molecular weight excluding hydrogens is 324 g/mol. The Morgan fingerprint density at radius 1 is 1.15 bits per heavy atom. The molecule has 0 spiro atoms. The predicted molar refractivity (Wildman–Crippen MR) is 100 cm³/mol. The van der Waals surface area contributed by atoms with Crippen molar-refractivity contribution in [2.24, 2.45) is 28.6 Å². The summed E-state index contributed by atoms with van der Waals surface area (Å²) in [6, 6.07) is 0. The van der Waals surface area contributed by atoms with Crippen LogP contribution in [0.15, 0.2) is 11.6 Å². The van der Waals surface area contributed by atoms with Crippen molar-refractivity contribution in [3.63, 3.8) is 0 Å². The molecule has 0 aromatic heterocycles. The van der Waals surface area contributed by atoms with E-state index in [1.165, 1.54) is 24.8 Å². The molecule has 3 saturated carbocycles. The summed E-state index contributed by atoms with van der Waals surface area (Å²) in [7, 11) is 0. The average molecular weight is 357 g/mol. The van der Waals surface area contributed by atoms with E-state index in [0.29, 0.717) is 42.8 Å². The molecule has 2 radical (unpaired) electrons. The van der Waals surface area contributed by atoms with Gasteiger partial charge in [-0.2, -0.15) is 0 Å². The van der Waals surface area contributed by atoms with Gasteiger partial charge in [-0.25, -0.2) is 0 Å². The van der Waals surface area contributed by atoms with Crippen LogP contribution in [0.2, 0.25) is 0 Å². The highest BCUT2D eigenvalue weighted by Gasteiger charge is 2.59. The van der Waals surface area contributed by atoms with Crippen molar-refractivity contribution in [3.8, 4) is 0 Å². The zero-order valence-corrected chi connectivity index (χ0v) is 16.3. The molecule has 3 unspecified atom stereocenters. The number of hydrogen-bond acceptors (Lipinski definition) is 3. The molecule has 4 aliphatic carbocycles. The Kier molecular flexibility index (Phi) is 4.56. The highest BCUT2D eigenvalue weighted by atomic mass is 16.5. The van der Waals surface area contributed by atoms with E-state index < -0.39 is 0 Å². The van der Waals surface area contributed by atoms with E-state index in [2.05, 4.69) is 13.8 Å². The monoisotopic (exact) mass is 356 g/mol. The summed E-state index contributed by atoms with van der Waals surface area (Å²) in [6.07, 6.45) is 11.2. The maximum atomic E-state index is 12.0. The van der Waals surface area contributed by atoms with E-state index in [1.54, 1.807) is 0 Å². The fourth-order valence-electron chi connectivity index (χ4n) is 7.04. The topological polar surface area (TPSA) is 43.4 Å². The Bertz CT molecular complexity index is 635. The summed E-state index contributed by atoms with van der Waals surface area (Å²) in [4.78, 5) is 23.9. The molecule has 0 amide bonds. The van der Waals surface area contributed by atoms with Crippen molar-refractivity contribution in [3.05, 3.63) is 18.6 Å². The van der Waals surface area contributed by atoms with Crippen molar-refractivity contribution >= 4 is 11.8 Å². The molecule has 0 heterocycles. The maximum Gasteiger partial charge on any atom is 0.306 e. The molecule has 0 aromatic carbocycles. The van der Waals surface area contributed by atoms with Crippen LogP contribution < -0.4 is 0 Å². The number of esters is 1. The summed E-state index contributed by atoms with van der Waals surface area (Å²) in [5, 5.41) is 0. The number of carbonyl (C=O) groups excluding carboxylic acids is 2. The van der Waals surface area contributed by atoms with Gasteiger partial charge in [0.25, 0.3) is 0 Å². The molecule has 0 aromatic rings. The van der Waals surface area contributed by atoms with Crippen molar-refractivity contribution < 1.29 is 14.3 Å². The average Bonchev–Trinajstić information content (AvgIpc) is 2.92. The Morgan fingerprint density at radius 2 is 1.96 bits per heavy atom. The summed E-state index contributed by atoms with van der Waals surface area (Å²) in [5.41, 5.74) is 1.75. The molecule has 0 bridgehead atoms. The number of ketones is 1. The van der Waals surface area contributed by atoms with Gasteiger partial charge in [-0.1, -0.05) is 19.4 Å². The first kappa shape index (κ1) is 18.3. The molecule has 142 valence electrons. The largest absolute Gasteiger partial charge is 0.462 e. The van der Waals surface area contributed by atoms with Crippen LogP contribution in [0.5, 0.6) is 0 Å². The second kappa shape index (κ2) is 6.49. The Balaban J connectivity index is 1.55. The highest BCUT2D eigenvalue weighted by Crippen LogP contribution is 2.65. The third-order valence-corrected chi connectivity index (χ3v) is 8.50. The second-order valence-electron chi connectivity index (χ2n) is 9.61. The first-order chi connectivity index (χ1) is 12.4. The van der Waals surface area contributed by atoms with Crippen LogP contribution >= 0.6 is 0 Å². The van der Waals surface area contributed by atoms with Gasteiger partial charge in [0, 0.05) is 18.3 Å². The SMILES string of the molecule is [CH]CCC(=O)O[C@H]1CCC2C3CCC4=CC(=O)CC[C@]4(C)C3CC[C@@]21C. The standard InChI is InChI=1S/C23H32O3/c1-4-5-21(25)26-20-9-8-18-17-7-6-15-14-16(24)10-12-22(15,2)19(17)11-13-23(18,20)3/h1,14,17-20H,4-13H2,2-3H3/t17?,18?,19?,20-,22-,23-/m0/s1. The van der Waals surface area contributed by atoms with Crippen LogP contribution in [0.4, 0.5) is 0 Å². The quantitative estimate of drug-likeness (QED) is 0.674. The maximum absolute atomic E-state index is 12.0. The van der Waals surface area contributed by atoms with Crippen LogP contribution in [0.1, 0.15) is 78.1 Å². The van der Waals surface area contributed by atoms with Gasteiger partial charge in [0.1, 0.15) is 6.10 Å². The Labute approximate surface area is 157 Å². The number of carbonyl (C=O) groups is 2. The third-order valence-electron chi connectivity index (χ3n) is 8.50. The predicted octanol–water partition coefficient (Wildman–Crippen LogP) is 4.92. The lowest BCUT2D eigenvalue weighted by Gasteiger charge is -2.57. The number of rotatable bonds is 3. The fraction of sp³-hybridized carbons (Fsp3) is 0.783. The van der Waals surface area contributed by atoms with Gasteiger partial charge in [-0.3, -0.25) is 9.59 Å². The van der Waals surface area contributed by atoms with Gasteiger partial charge < -0.3 is 4.74 Å². The molecule has 4 aliphatic rings. The summed E-state index contributed by atoms with van der Waals surface area (Å²) in [5.74, 6) is 2.24. The molecule has 3 heteroatoms. The molecule has 0 saturated heterocycles. The first-order valence-electron chi connectivity index (χ1n) is 10.5. The molecule has 3 nitrogen and oxygen atoms in total. The van der Waals surface area contributed by atoms with Crippen LogP contribution in [0.3, 0.4) is 0 Å². The summed E-state index contributed by atoms with van der Waals surface area (Å²) < 4.78 is 5.87. The fourth-order valence-corrected chi connectivity index (χ4v) is 7.04. The van der Waals surface area contributed by atoms with E-state index in [9.17, 15) is 9.59 Å². The van der Waals surface area contributed by atoms with Crippen LogP contribution in [-0.2, 0) is 14.3 Å². The van der Waals surface area contributed by atoms with E-state index in [-0.39, 0.29) is 22.9 Å². The zero-order chi connectivity index (χ0) is 18.5. The van der Waals surface area contributed by atoms with Crippen LogP contribution in [0, 0.1) is 35.5 Å². The highest BCUT2D eigenvalue weighted by molar-refractivity contribution is 5.91. The van der Waals surface area contributed by atoms with Crippen molar-refractivity contribution in [2.75, 3.05) is 0 Å². The van der Waals surface area contributed by atoms with Gasteiger partial charge in [-0.15, -0.1) is 0 Å². The number of ether oxygens (including phenoxy) is 1. The lowest BCUT2D eigenvalue weighted by Crippen LogP contribution is -2.51. The van der Waals surface area contributed by atoms with Gasteiger partial charge >= 0.3 is 5.97 Å². The minimum absolute atomic E-state index is 0.0604. The van der Waals surface area contributed by atoms with Crippen LogP contribution in [0.25, 0.3) is 0 Å². The third kappa shape index (κ3) is 2.68. The molecule has 4 rings (SSSR count). The van der Waals surface area contributed by atoms with Crippen molar-refractivity contribution in [2.45, 2.75) is 84.2 Å². The minimum Gasteiger partial charge on any atom is -0.462 e. The molecule has 26 heavy (non-hydrogen) atoms. The molecule has 0 N–H and O–H groups in total. The smallest absolute Gasteiger partial charge is 0.306 e. The Morgan fingerprint density at radius 3 is 2.73 bits per heavy atom. The number of hydrogen-bond donors (Lipinski definition) is 0.